The Morgan fingerprint density at radius 2 is 1.91 bits per heavy atom. The van der Waals surface area contributed by atoms with Crippen molar-refractivity contribution in [2.75, 3.05) is 13.2 Å². The van der Waals surface area contributed by atoms with E-state index in [-0.39, 0.29) is 11.8 Å². The molecule has 23 heavy (non-hydrogen) atoms. The van der Waals surface area contributed by atoms with Crippen molar-refractivity contribution in [3.8, 4) is 5.75 Å². The molecule has 0 atom stereocenters. The van der Waals surface area contributed by atoms with E-state index in [2.05, 4.69) is 10.6 Å². The first-order valence-electron chi connectivity index (χ1n) is 7.19. The molecule has 0 heterocycles. The van der Waals surface area contributed by atoms with Crippen LogP contribution in [0.4, 0.5) is 9.18 Å². The molecule has 0 aliphatic rings. The highest BCUT2D eigenvalue weighted by Crippen LogP contribution is 2.21. The van der Waals surface area contributed by atoms with Crippen LogP contribution in [0.1, 0.15) is 11.1 Å². The van der Waals surface area contributed by atoms with Gasteiger partial charge in [-0.05, 0) is 48.4 Å². The average Bonchev–Trinajstić information content (AvgIpc) is 2.52. The fraction of sp³-hybridized carbons (Fsp3) is 0.235. The Bertz CT molecular complexity index is 662. The lowest BCUT2D eigenvalue weighted by atomic mass is 10.2. The molecule has 2 N–H and O–H groups in total. The number of benzene rings is 2. The molecule has 0 aliphatic heterocycles. The minimum atomic E-state index is -0.300. The Hall–Kier alpha value is -2.27. The van der Waals surface area contributed by atoms with Crippen LogP contribution in [0.2, 0.25) is 5.02 Å². The van der Waals surface area contributed by atoms with Crippen LogP contribution in [-0.2, 0) is 6.54 Å². The van der Waals surface area contributed by atoms with Gasteiger partial charge >= 0.3 is 6.03 Å². The molecule has 0 spiro atoms. The van der Waals surface area contributed by atoms with Crippen LogP contribution in [0.5, 0.6) is 5.75 Å². The topological polar surface area (TPSA) is 50.4 Å². The highest BCUT2D eigenvalue weighted by Gasteiger charge is 2.02. The maximum atomic E-state index is 12.8. The molecule has 4 nitrogen and oxygen atoms in total. The third-order valence-corrected chi connectivity index (χ3v) is 3.38. The zero-order valence-electron chi connectivity index (χ0n) is 12.7. The molecule has 0 aromatic heterocycles. The average molecular weight is 337 g/mol. The van der Waals surface area contributed by atoms with Crippen LogP contribution >= 0.6 is 11.6 Å². The van der Waals surface area contributed by atoms with Gasteiger partial charge in [0.1, 0.15) is 18.2 Å². The summed E-state index contributed by atoms with van der Waals surface area (Å²) < 4.78 is 18.3. The largest absolute Gasteiger partial charge is 0.491 e. The van der Waals surface area contributed by atoms with Gasteiger partial charge in [-0.3, -0.25) is 0 Å². The van der Waals surface area contributed by atoms with Gasteiger partial charge in [-0.25, -0.2) is 9.18 Å². The van der Waals surface area contributed by atoms with Gasteiger partial charge in [0.05, 0.1) is 6.54 Å². The fourth-order valence-electron chi connectivity index (χ4n) is 1.95. The molecule has 2 amide bonds. The van der Waals surface area contributed by atoms with Crippen LogP contribution < -0.4 is 15.4 Å². The van der Waals surface area contributed by atoms with E-state index in [9.17, 15) is 9.18 Å². The second-order valence-electron chi connectivity index (χ2n) is 4.99. The van der Waals surface area contributed by atoms with E-state index in [1.807, 2.05) is 13.0 Å². The smallest absolute Gasteiger partial charge is 0.315 e. The van der Waals surface area contributed by atoms with Crippen LogP contribution in [0.3, 0.4) is 0 Å². The van der Waals surface area contributed by atoms with E-state index in [1.165, 1.54) is 12.1 Å². The Kier molecular flexibility index (Phi) is 6.23. The van der Waals surface area contributed by atoms with Gasteiger partial charge in [-0.15, -0.1) is 0 Å². The van der Waals surface area contributed by atoms with Gasteiger partial charge in [0.25, 0.3) is 0 Å². The lowest BCUT2D eigenvalue weighted by Crippen LogP contribution is -2.37. The van der Waals surface area contributed by atoms with Gasteiger partial charge in [0.15, 0.2) is 0 Å². The second kappa shape index (κ2) is 8.39. The lowest BCUT2D eigenvalue weighted by Gasteiger charge is -2.11. The SMILES string of the molecule is Cc1cc(Cl)ccc1OCCNC(=O)NCc1ccc(F)cc1. The van der Waals surface area contributed by atoms with E-state index in [0.717, 1.165) is 16.9 Å². The number of amides is 2. The molecule has 2 aromatic rings. The molecule has 0 aliphatic carbocycles. The zero-order valence-corrected chi connectivity index (χ0v) is 13.5. The van der Waals surface area contributed by atoms with Crippen molar-refractivity contribution >= 4 is 17.6 Å². The van der Waals surface area contributed by atoms with Crippen molar-refractivity contribution < 1.29 is 13.9 Å². The molecule has 0 unspecified atom stereocenters. The molecule has 2 rings (SSSR count). The Morgan fingerprint density at radius 3 is 2.61 bits per heavy atom. The monoisotopic (exact) mass is 336 g/mol. The van der Waals surface area contributed by atoms with Crippen LogP contribution in [0.25, 0.3) is 0 Å². The van der Waals surface area contributed by atoms with Crippen molar-refractivity contribution in [1.82, 2.24) is 10.6 Å². The number of nitrogens with one attached hydrogen (secondary N) is 2. The summed E-state index contributed by atoms with van der Waals surface area (Å²) in [5, 5.41) is 6.04. The molecule has 0 bridgehead atoms. The lowest BCUT2D eigenvalue weighted by molar-refractivity contribution is 0.236. The number of rotatable bonds is 6. The fourth-order valence-corrected chi connectivity index (χ4v) is 2.17. The van der Waals surface area contributed by atoms with Gasteiger partial charge in [0, 0.05) is 11.6 Å². The summed E-state index contributed by atoms with van der Waals surface area (Å²) in [6.07, 6.45) is 0. The molecule has 0 saturated carbocycles. The predicted octanol–water partition coefficient (Wildman–Crippen LogP) is 3.67. The summed E-state index contributed by atoms with van der Waals surface area (Å²) in [7, 11) is 0. The van der Waals surface area contributed by atoms with E-state index < -0.39 is 0 Å². The van der Waals surface area contributed by atoms with Crippen LogP contribution in [-0.4, -0.2) is 19.2 Å². The Balaban J connectivity index is 1.65. The third kappa shape index (κ3) is 5.79. The molecule has 0 saturated heterocycles. The highest BCUT2D eigenvalue weighted by molar-refractivity contribution is 6.30. The maximum absolute atomic E-state index is 12.8. The number of hydrogen-bond donors (Lipinski definition) is 2. The predicted molar refractivity (Wildman–Crippen MR) is 88.3 cm³/mol. The summed E-state index contributed by atoms with van der Waals surface area (Å²) in [5.41, 5.74) is 1.77. The molecule has 2 aromatic carbocycles. The molecule has 6 heteroatoms. The maximum Gasteiger partial charge on any atom is 0.315 e. The Morgan fingerprint density at radius 1 is 1.17 bits per heavy atom. The number of carbonyl (C=O) groups is 1. The van der Waals surface area contributed by atoms with Crippen LogP contribution in [0, 0.1) is 12.7 Å². The number of aryl methyl sites for hydroxylation is 1. The van der Waals surface area contributed by atoms with Gasteiger partial charge in [0.2, 0.25) is 0 Å². The van der Waals surface area contributed by atoms with E-state index in [0.29, 0.717) is 24.7 Å². The molecular weight excluding hydrogens is 319 g/mol. The number of ether oxygens (including phenoxy) is 1. The minimum Gasteiger partial charge on any atom is -0.491 e. The molecule has 122 valence electrons. The van der Waals surface area contributed by atoms with Gasteiger partial charge in [-0.1, -0.05) is 23.7 Å². The zero-order chi connectivity index (χ0) is 16.7. The van der Waals surface area contributed by atoms with E-state index in [4.69, 9.17) is 16.3 Å². The number of urea groups is 1. The molecule has 0 radical (unpaired) electrons. The van der Waals surface area contributed by atoms with Gasteiger partial charge in [-0.2, -0.15) is 0 Å². The normalized spacial score (nSPS) is 10.2. The van der Waals surface area contributed by atoms with Crippen molar-refractivity contribution in [2.45, 2.75) is 13.5 Å². The molecular formula is C17H18ClFN2O2. The van der Waals surface area contributed by atoms with Crippen molar-refractivity contribution in [1.29, 1.82) is 0 Å². The standard InChI is InChI=1S/C17H18ClFN2O2/c1-12-10-14(18)4-7-16(12)23-9-8-20-17(22)21-11-13-2-5-15(19)6-3-13/h2-7,10H,8-9,11H2,1H3,(H2,20,21,22). The number of hydrogen-bond acceptors (Lipinski definition) is 2. The summed E-state index contributed by atoms with van der Waals surface area (Å²) in [6, 6.07) is 11.0. The summed E-state index contributed by atoms with van der Waals surface area (Å²) in [6.45, 7) is 2.97. The van der Waals surface area contributed by atoms with Crippen molar-refractivity contribution in [2.24, 2.45) is 0 Å². The van der Waals surface area contributed by atoms with E-state index in [1.54, 1.807) is 24.3 Å². The number of carbonyl (C=O) groups excluding carboxylic acids is 1. The summed E-state index contributed by atoms with van der Waals surface area (Å²) in [4.78, 5) is 11.6. The molecule has 0 fully saturated rings. The minimum absolute atomic E-state index is 0.298. The first kappa shape index (κ1) is 17.1. The highest BCUT2D eigenvalue weighted by atomic mass is 35.5. The summed E-state index contributed by atoms with van der Waals surface area (Å²) >= 11 is 5.87. The van der Waals surface area contributed by atoms with Crippen LogP contribution in [0.15, 0.2) is 42.5 Å². The second-order valence-corrected chi connectivity index (χ2v) is 5.43. The Labute approximate surface area is 139 Å². The number of halogens is 2. The van der Waals surface area contributed by atoms with Crippen molar-refractivity contribution in [3.63, 3.8) is 0 Å². The van der Waals surface area contributed by atoms with Gasteiger partial charge < -0.3 is 15.4 Å². The third-order valence-electron chi connectivity index (χ3n) is 3.15. The van der Waals surface area contributed by atoms with Crippen molar-refractivity contribution in [3.05, 3.63) is 64.4 Å². The quantitative estimate of drug-likeness (QED) is 0.791. The van der Waals surface area contributed by atoms with E-state index >= 15 is 0 Å². The first-order chi connectivity index (χ1) is 11.0. The summed E-state index contributed by atoms with van der Waals surface area (Å²) in [5.74, 6) is 0.441. The first-order valence-corrected chi connectivity index (χ1v) is 7.57.